The van der Waals surface area contributed by atoms with Crippen LogP contribution < -0.4 is 5.32 Å². The first kappa shape index (κ1) is 13.8. The molecule has 1 saturated carbocycles. The minimum absolute atomic E-state index is 0.712. The van der Waals surface area contributed by atoms with Crippen molar-refractivity contribution in [2.45, 2.75) is 45.4 Å². The summed E-state index contributed by atoms with van der Waals surface area (Å²) in [5.74, 6) is 1.07. The number of nitrogens with zero attached hydrogens (tertiary/aromatic N) is 2. The van der Waals surface area contributed by atoms with Crippen molar-refractivity contribution in [1.82, 2.24) is 15.2 Å². The van der Waals surface area contributed by atoms with Gasteiger partial charge in [-0.1, -0.05) is 0 Å². The normalized spacial score (nSPS) is 15.2. The van der Waals surface area contributed by atoms with Crippen molar-refractivity contribution in [3.8, 4) is 0 Å². The summed E-state index contributed by atoms with van der Waals surface area (Å²) in [6, 6.07) is 2.79. The monoisotopic (exact) mass is 291 g/mol. The van der Waals surface area contributed by atoms with Crippen molar-refractivity contribution in [3.05, 3.63) is 39.7 Å². The number of rotatable bonds is 7. The topological polar surface area (TPSA) is 41.3 Å². The highest BCUT2D eigenvalue weighted by molar-refractivity contribution is 7.09. The van der Waals surface area contributed by atoms with Gasteiger partial charge in [0.05, 0.1) is 23.5 Å². The van der Waals surface area contributed by atoms with E-state index < -0.39 is 0 Å². The predicted octanol–water partition coefficient (Wildman–Crippen LogP) is 2.93. The number of hydrogen-bond donors (Lipinski definition) is 1. The summed E-state index contributed by atoms with van der Waals surface area (Å²) in [6.07, 6.45) is 4.40. The quantitative estimate of drug-likeness (QED) is 0.851. The molecule has 0 saturated heterocycles. The van der Waals surface area contributed by atoms with Crippen LogP contribution in [0.15, 0.2) is 22.1 Å². The first-order chi connectivity index (χ1) is 9.70. The Labute approximate surface area is 123 Å². The second-order valence-corrected chi connectivity index (χ2v) is 6.62. The zero-order chi connectivity index (χ0) is 13.9. The van der Waals surface area contributed by atoms with Crippen molar-refractivity contribution in [3.63, 3.8) is 0 Å². The number of aromatic nitrogens is 1. The van der Waals surface area contributed by atoms with E-state index in [1.807, 2.05) is 6.92 Å². The summed E-state index contributed by atoms with van der Waals surface area (Å²) in [5.41, 5.74) is 2.42. The summed E-state index contributed by atoms with van der Waals surface area (Å²) < 4.78 is 5.60. The van der Waals surface area contributed by atoms with Gasteiger partial charge in [0.15, 0.2) is 0 Å². The summed E-state index contributed by atoms with van der Waals surface area (Å²) >= 11 is 1.71. The molecule has 2 aromatic rings. The first-order valence-corrected chi connectivity index (χ1v) is 7.97. The Morgan fingerprint density at radius 3 is 3.00 bits per heavy atom. The van der Waals surface area contributed by atoms with Gasteiger partial charge in [0.2, 0.25) is 0 Å². The maximum atomic E-state index is 5.60. The third kappa shape index (κ3) is 3.69. The average molecular weight is 291 g/mol. The molecular weight excluding hydrogens is 270 g/mol. The van der Waals surface area contributed by atoms with E-state index in [4.69, 9.17) is 4.42 Å². The molecule has 20 heavy (non-hydrogen) atoms. The van der Waals surface area contributed by atoms with E-state index in [2.05, 4.69) is 33.7 Å². The zero-order valence-electron chi connectivity index (χ0n) is 12.1. The van der Waals surface area contributed by atoms with Gasteiger partial charge in [0, 0.05) is 30.1 Å². The highest BCUT2D eigenvalue weighted by Gasteiger charge is 2.21. The maximum absolute atomic E-state index is 5.60. The number of thiazole rings is 1. The molecule has 0 spiro atoms. The standard InChI is InChI=1S/C15H21N3OS/c1-11-17-14(10-20-11)9-18(2)8-12-5-6-19-15(12)7-16-13-3-4-13/h5-6,10,13,16H,3-4,7-9H2,1-2H3. The van der Waals surface area contributed by atoms with E-state index in [0.29, 0.717) is 6.04 Å². The molecule has 0 bridgehead atoms. The fourth-order valence-corrected chi connectivity index (χ4v) is 2.90. The van der Waals surface area contributed by atoms with Gasteiger partial charge in [0.25, 0.3) is 0 Å². The highest BCUT2D eigenvalue weighted by atomic mass is 32.1. The molecule has 1 aliphatic carbocycles. The molecule has 0 unspecified atom stereocenters. The van der Waals surface area contributed by atoms with Crippen molar-refractivity contribution in [2.75, 3.05) is 7.05 Å². The van der Waals surface area contributed by atoms with Gasteiger partial charge in [-0.3, -0.25) is 4.90 Å². The lowest BCUT2D eigenvalue weighted by atomic mass is 10.2. The van der Waals surface area contributed by atoms with Gasteiger partial charge in [-0.15, -0.1) is 11.3 Å². The van der Waals surface area contributed by atoms with E-state index in [-0.39, 0.29) is 0 Å². The molecule has 1 aliphatic rings. The van der Waals surface area contributed by atoms with Gasteiger partial charge in [0.1, 0.15) is 5.76 Å². The van der Waals surface area contributed by atoms with Gasteiger partial charge >= 0.3 is 0 Å². The Morgan fingerprint density at radius 2 is 2.30 bits per heavy atom. The molecule has 108 valence electrons. The van der Waals surface area contributed by atoms with Crippen LogP contribution in [0.5, 0.6) is 0 Å². The highest BCUT2D eigenvalue weighted by Crippen LogP contribution is 2.21. The van der Waals surface area contributed by atoms with Gasteiger partial charge in [-0.05, 0) is 32.9 Å². The molecule has 0 atom stereocenters. The Bertz CT molecular complexity index is 559. The van der Waals surface area contributed by atoms with Crippen molar-refractivity contribution in [1.29, 1.82) is 0 Å². The van der Waals surface area contributed by atoms with E-state index in [1.165, 1.54) is 18.4 Å². The zero-order valence-corrected chi connectivity index (χ0v) is 12.9. The molecule has 1 N–H and O–H groups in total. The lowest BCUT2D eigenvalue weighted by molar-refractivity contribution is 0.311. The van der Waals surface area contributed by atoms with Gasteiger partial charge < -0.3 is 9.73 Å². The number of nitrogens with one attached hydrogen (secondary N) is 1. The molecule has 5 heteroatoms. The second-order valence-electron chi connectivity index (χ2n) is 5.55. The third-order valence-electron chi connectivity index (χ3n) is 3.51. The molecule has 2 heterocycles. The molecule has 0 aliphatic heterocycles. The number of aryl methyl sites for hydroxylation is 1. The van der Waals surface area contributed by atoms with E-state index >= 15 is 0 Å². The van der Waals surface area contributed by atoms with E-state index in [1.54, 1.807) is 17.6 Å². The van der Waals surface area contributed by atoms with Crippen LogP contribution in [0.4, 0.5) is 0 Å². The smallest absolute Gasteiger partial charge is 0.122 e. The van der Waals surface area contributed by atoms with Crippen LogP contribution in [-0.2, 0) is 19.6 Å². The maximum Gasteiger partial charge on any atom is 0.122 e. The fraction of sp³-hybridized carbons (Fsp3) is 0.533. The molecular formula is C15H21N3OS. The second kappa shape index (κ2) is 6.08. The molecule has 2 aromatic heterocycles. The predicted molar refractivity (Wildman–Crippen MR) is 80.6 cm³/mol. The van der Waals surface area contributed by atoms with Crippen molar-refractivity contribution in [2.24, 2.45) is 0 Å². The lowest BCUT2D eigenvalue weighted by Crippen LogP contribution is -2.20. The molecule has 0 amide bonds. The van der Waals surface area contributed by atoms with E-state index in [0.717, 1.165) is 36.1 Å². The van der Waals surface area contributed by atoms with Gasteiger partial charge in [-0.2, -0.15) is 0 Å². The summed E-state index contributed by atoms with van der Waals surface area (Å²) in [5, 5.41) is 6.77. The molecule has 4 nitrogen and oxygen atoms in total. The Balaban J connectivity index is 1.54. The van der Waals surface area contributed by atoms with Gasteiger partial charge in [-0.25, -0.2) is 4.98 Å². The van der Waals surface area contributed by atoms with E-state index in [9.17, 15) is 0 Å². The summed E-state index contributed by atoms with van der Waals surface area (Å²) in [7, 11) is 2.12. The van der Waals surface area contributed by atoms with Crippen LogP contribution in [0, 0.1) is 6.92 Å². The van der Waals surface area contributed by atoms with Crippen LogP contribution in [0.2, 0.25) is 0 Å². The average Bonchev–Trinajstić information content (AvgIpc) is 3.01. The van der Waals surface area contributed by atoms with Crippen molar-refractivity contribution >= 4 is 11.3 Å². The lowest BCUT2D eigenvalue weighted by Gasteiger charge is -2.15. The van der Waals surface area contributed by atoms with Crippen LogP contribution in [0.3, 0.4) is 0 Å². The van der Waals surface area contributed by atoms with Crippen LogP contribution in [0.25, 0.3) is 0 Å². The van der Waals surface area contributed by atoms with Crippen LogP contribution in [-0.4, -0.2) is 23.0 Å². The Hall–Kier alpha value is -1.17. The molecule has 0 radical (unpaired) electrons. The first-order valence-electron chi connectivity index (χ1n) is 7.09. The Morgan fingerprint density at radius 1 is 1.45 bits per heavy atom. The minimum Gasteiger partial charge on any atom is -0.468 e. The molecule has 3 rings (SSSR count). The largest absolute Gasteiger partial charge is 0.468 e. The van der Waals surface area contributed by atoms with Crippen molar-refractivity contribution < 1.29 is 4.42 Å². The minimum atomic E-state index is 0.712. The SMILES string of the molecule is Cc1nc(CN(C)Cc2ccoc2CNC2CC2)cs1. The van der Waals surface area contributed by atoms with Crippen LogP contribution >= 0.6 is 11.3 Å². The Kier molecular flexibility index (Phi) is 4.19. The third-order valence-corrected chi connectivity index (χ3v) is 4.33. The summed E-state index contributed by atoms with van der Waals surface area (Å²) in [6.45, 7) is 4.67. The number of furan rings is 1. The number of hydrogen-bond acceptors (Lipinski definition) is 5. The summed E-state index contributed by atoms with van der Waals surface area (Å²) in [4.78, 5) is 6.79. The molecule has 1 fully saturated rings. The van der Waals surface area contributed by atoms with Crippen LogP contribution in [0.1, 0.15) is 34.9 Å². The molecule has 0 aromatic carbocycles. The fourth-order valence-electron chi connectivity index (χ4n) is 2.29.